The van der Waals surface area contributed by atoms with Crippen LogP contribution in [0.15, 0.2) is 12.8 Å². The van der Waals surface area contributed by atoms with E-state index in [0.29, 0.717) is 0 Å². The number of carboxylic acid groups (broad SMARTS) is 1. The third-order valence-electron chi connectivity index (χ3n) is 0.244. The zero-order chi connectivity index (χ0) is 8.57. The van der Waals surface area contributed by atoms with Crippen LogP contribution >= 0.6 is 0 Å². The minimum Gasteiger partial charge on any atom is -0.481 e. The van der Waals surface area contributed by atoms with Crippen molar-refractivity contribution in [2.75, 3.05) is 0 Å². The molecule has 0 aliphatic heterocycles. The number of carboxylic acids is 1. The molecule has 0 aliphatic rings. The van der Waals surface area contributed by atoms with Gasteiger partial charge in [0.15, 0.2) is 0 Å². The number of nitrogens with one attached hydrogen (secondary N) is 1. The fourth-order valence-corrected chi connectivity index (χ4v) is 0.101. The van der Waals surface area contributed by atoms with Crippen LogP contribution in [0, 0.1) is 0 Å². The smallest absolute Gasteiger partial charge is 0.316 e. The van der Waals surface area contributed by atoms with Gasteiger partial charge in [0.2, 0.25) is 0 Å². The minimum atomic E-state index is -0.833. The second-order valence-corrected chi connectivity index (χ2v) is 1.23. The molecule has 0 aromatic carbocycles. The summed E-state index contributed by atoms with van der Waals surface area (Å²) in [5, 5.41) is 9.53. The first-order valence-corrected chi connectivity index (χ1v) is 2.37. The number of hydrogen-bond donors (Lipinski definition) is 3. The average molecular weight is 146 g/mol. The van der Waals surface area contributed by atoms with Crippen molar-refractivity contribution in [2.24, 2.45) is 5.73 Å². The van der Waals surface area contributed by atoms with Crippen molar-refractivity contribution in [2.45, 2.75) is 6.92 Å². The SMILES string of the molecule is C=CNC(N)=O.CC(=O)O. The van der Waals surface area contributed by atoms with Gasteiger partial charge >= 0.3 is 6.03 Å². The largest absolute Gasteiger partial charge is 0.481 e. The molecule has 4 N–H and O–H groups in total. The molecule has 0 aromatic heterocycles. The highest BCUT2D eigenvalue weighted by molar-refractivity contribution is 5.72. The molecule has 0 unspecified atom stereocenters. The van der Waals surface area contributed by atoms with E-state index in [4.69, 9.17) is 9.90 Å². The Morgan fingerprint density at radius 1 is 1.70 bits per heavy atom. The van der Waals surface area contributed by atoms with Crippen LogP contribution in [0.2, 0.25) is 0 Å². The molecule has 2 amide bonds. The Morgan fingerprint density at radius 3 is 2.00 bits per heavy atom. The number of primary amides is 1. The Morgan fingerprint density at radius 2 is 2.00 bits per heavy atom. The average Bonchev–Trinajstić information content (AvgIpc) is 1.62. The molecule has 0 bridgehead atoms. The molecule has 10 heavy (non-hydrogen) atoms. The number of rotatable bonds is 1. The summed E-state index contributed by atoms with van der Waals surface area (Å²) >= 11 is 0. The summed E-state index contributed by atoms with van der Waals surface area (Å²) < 4.78 is 0. The number of hydrogen-bond acceptors (Lipinski definition) is 2. The Bertz CT molecular complexity index is 129. The van der Waals surface area contributed by atoms with Gasteiger partial charge in [0.05, 0.1) is 0 Å². The van der Waals surface area contributed by atoms with Gasteiger partial charge in [-0.2, -0.15) is 0 Å². The molecule has 0 fully saturated rings. The molecule has 0 aliphatic carbocycles. The first-order valence-electron chi connectivity index (χ1n) is 2.37. The molecule has 0 atom stereocenters. The summed E-state index contributed by atoms with van der Waals surface area (Å²) in [5.41, 5.74) is 4.58. The van der Waals surface area contributed by atoms with Crippen molar-refractivity contribution in [1.29, 1.82) is 0 Å². The zero-order valence-electron chi connectivity index (χ0n) is 5.63. The quantitative estimate of drug-likeness (QED) is 0.481. The van der Waals surface area contributed by atoms with Crippen molar-refractivity contribution in [3.05, 3.63) is 12.8 Å². The molecule has 58 valence electrons. The lowest BCUT2D eigenvalue weighted by molar-refractivity contribution is -0.134. The van der Waals surface area contributed by atoms with E-state index in [9.17, 15) is 4.79 Å². The van der Waals surface area contributed by atoms with Gasteiger partial charge in [-0.05, 0) is 6.20 Å². The molecular weight excluding hydrogens is 136 g/mol. The van der Waals surface area contributed by atoms with E-state index in [-0.39, 0.29) is 0 Å². The number of aliphatic carboxylic acids is 1. The maximum absolute atomic E-state index is 9.64. The van der Waals surface area contributed by atoms with E-state index in [1.165, 1.54) is 6.20 Å². The molecule has 0 spiro atoms. The van der Waals surface area contributed by atoms with E-state index >= 15 is 0 Å². The van der Waals surface area contributed by atoms with E-state index in [0.717, 1.165) is 6.92 Å². The molecule has 0 aromatic rings. The summed E-state index contributed by atoms with van der Waals surface area (Å²) in [7, 11) is 0. The van der Waals surface area contributed by atoms with E-state index in [2.05, 4.69) is 17.6 Å². The van der Waals surface area contributed by atoms with Crippen molar-refractivity contribution >= 4 is 12.0 Å². The van der Waals surface area contributed by atoms with Gasteiger partial charge in [-0.15, -0.1) is 0 Å². The second-order valence-electron chi connectivity index (χ2n) is 1.23. The molecule has 0 saturated heterocycles. The number of urea groups is 1. The van der Waals surface area contributed by atoms with Crippen LogP contribution in [-0.4, -0.2) is 17.1 Å². The molecule has 5 heteroatoms. The number of nitrogens with two attached hydrogens (primary N) is 1. The van der Waals surface area contributed by atoms with Crippen molar-refractivity contribution < 1.29 is 14.7 Å². The molecule has 0 saturated carbocycles. The summed E-state index contributed by atoms with van der Waals surface area (Å²) in [6.45, 7) is 4.27. The highest BCUT2D eigenvalue weighted by atomic mass is 16.4. The van der Waals surface area contributed by atoms with Gasteiger partial charge in [-0.25, -0.2) is 4.79 Å². The zero-order valence-corrected chi connectivity index (χ0v) is 5.63. The lowest BCUT2D eigenvalue weighted by Crippen LogP contribution is -2.23. The number of amides is 2. The minimum absolute atomic E-state index is 0.579. The third-order valence-corrected chi connectivity index (χ3v) is 0.244. The standard InChI is InChI=1S/C3H6N2O.C2H4O2/c1-2-5-3(4)6;1-2(3)4/h2H,1H2,(H3,4,5,6);1H3,(H,3,4). The topological polar surface area (TPSA) is 92.4 Å². The van der Waals surface area contributed by atoms with E-state index in [1.54, 1.807) is 0 Å². The van der Waals surface area contributed by atoms with Gasteiger partial charge < -0.3 is 16.2 Å². The van der Waals surface area contributed by atoms with Gasteiger partial charge in [0, 0.05) is 6.92 Å². The summed E-state index contributed by atoms with van der Waals surface area (Å²) in [6, 6.07) is -0.579. The fraction of sp³-hybridized carbons (Fsp3) is 0.200. The Labute approximate surface area is 58.5 Å². The lowest BCUT2D eigenvalue weighted by atomic mass is 10.9. The molecule has 0 radical (unpaired) electrons. The summed E-state index contributed by atoms with van der Waals surface area (Å²) in [4.78, 5) is 18.6. The Balaban J connectivity index is 0. The van der Waals surface area contributed by atoms with Crippen LogP contribution in [-0.2, 0) is 4.79 Å². The van der Waals surface area contributed by atoms with Crippen LogP contribution in [0.3, 0.4) is 0 Å². The van der Waals surface area contributed by atoms with Gasteiger partial charge in [0.1, 0.15) is 0 Å². The monoisotopic (exact) mass is 146 g/mol. The van der Waals surface area contributed by atoms with Crippen LogP contribution in [0.5, 0.6) is 0 Å². The predicted molar refractivity (Wildman–Crippen MR) is 36.2 cm³/mol. The van der Waals surface area contributed by atoms with Gasteiger partial charge in [-0.1, -0.05) is 6.58 Å². The highest BCUT2D eigenvalue weighted by Gasteiger charge is 1.76. The van der Waals surface area contributed by atoms with Gasteiger partial charge in [0.25, 0.3) is 5.97 Å². The van der Waals surface area contributed by atoms with Crippen LogP contribution in [0.4, 0.5) is 4.79 Å². The molecule has 0 rings (SSSR count). The van der Waals surface area contributed by atoms with Crippen LogP contribution in [0.25, 0.3) is 0 Å². The third kappa shape index (κ3) is 88.8. The van der Waals surface area contributed by atoms with Gasteiger partial charge in [-0.3, -0.25) is 4.79 Å². The van der Waals surface area contributed by atoms with E-state index < -0.39 is 12.0 Å². The number of carbonyl (C=O) groups is 2. The molecule has 0 heterocycles. The summed E-state index contributed by atoms with van der Waals surface area (Å²) in [6.07, 6.45) is 1.22. The Kier molecular flexibility index (Phi) is 8.45. The fourth-order valence-electron chi connectivity index (χ4n) is 0.101. The predicted octanol–water partition coefficient (Wildman–Crippen LogP) is -0.111. The maximum Gasteiger partial charge on any atom is 0.316 e. The maximum atomic E-state index is 9.64. The van der Waals surface area contributed by atoms with Crippen LogP contribution in [0.1, 0.15) is 6.92 Å². The van der Waals surface area contributed by atoms with Crippen molar-refractivity contribution in [3.63, 3.8) is 0 Å². The molecule has 5 nitrogen and oxygen atoms in total. The van der Waals surface area contributed by atoms with Crippen molar-refractivity contribution in [3.8, 4) is 0 Å². The normalized spacial score (nSPS) is 6.50. The summed E-state index contributed by atoms with van der Waals surface area (Å²) in [5.74, 6) is -0.833. The first-order chi connectivity index (χ1) is 4.50. The Hall–Kier alpha value is -1.52. The molecular formula is C5H10N2O3. The van der Waals surface area contributed by atoms with Crippen molar-refractivity contribution in [1.82, 2.24) is 5.32 Å². The van der Waals surface area contributed by atoms with Crippen LogP contribution < -0.4 is 11.1 Å². The first kappa shape index (κ1) is 11.3. The van der Waals surface area contributed by atoms with E-state index in [1.807, 2.05) is 0 Å². The second kappa shape index (κ2) is 7.48. The lowest BCUT2D eigenvalue weighted by Gasteiger charge is -1.83. The number of carbonyl (C=O) groups excluding carboxylic acids is 1. The highest BCUT2D eigenvalue weighted by Crippen LogP contribution is 1.49.